The monoisotopic (exact) mass is 261 g/mol. The molecule has 0 spiro atoms. The number of amides is 1. The minimum Gasteiger partial charge on any atom is -0.450 e. The second-order valence-corrected chi connectivity index (χ2v) is 4.34. The van der Waals surface area contributed by atoms with Crippen LogP contribution in [-0.2, 0) is 4.74 Å². The summed E-state index contributed by atoms with van der Waals surface area (Å²) in [5.74, 6) is 0. The maximum Gasteiger partial charge on any atom is 0.409 e. The van der Waals surface area contributed by atoms with E-state index in [1.54, 1.807) is 4.90 Å². The van der Waals surface area contributed by atoms with Crippen LogP contribution in [0.25, 0.3) is 0 Å². The van der Waals surface area contributed by atoms with Crippen molar-refractivity contribution in [2.45, 2.75) is 19.8 Å². The van der Waals surface area contributed by atoms with Gasteiger partial charge in [-0.15, -0.1) is 0 Å². The number of carbonyl (C=O) groups excluding carboxylic acids is 1. The number of likely N-dealkylation sites (tertiary alicyclic amines) is 1. The van der Waals surface area contributed by atoms with Crippen LogP contribution in [-0.4, -0.2) is 36.4 Å². The molecule has 0 atom stereocenters. The molecule has 1 aromatic carbocycles. The van der Waals surface area contributed by atoms with Crippen molar-refractivity contribution in [2.75, 3.05) is 25.1 Å². The molecule has 1 aromatic rings. The fraction of sp³-hybridized carbons (Fsp3) is 0.429. The Bertz CT molecular complexity index is 435. The molecule has 0 radical (unpaired) electrons. The van der Waals surface area contributed by atoms with E-state index in [1.165, 1.54) is 0 Å². The lowest BCUT2D eigenvalue weighted by Crippen LogP contribution is -2.39. The highest BCUT2D eigenvalue weighted by Crippen LogP contribution is 2.10. The molecule has 5 heteroatoms. The Morgan fingerprint density at radius 3 is 2.63 bits per heavy atom. The zero-order chi connectivity index (χ0) is 13.5. The van der Waals surface area contributed by atoms with Crippen LogP contribution in [0.1, 0.15) is 19.8 Å². The van der Waals surface area contributed by atoms with Crippen LogP contribution in [0.4, 0.5) is 10.5 Å². The molecule has 1 heterocycles. The second kappa shape index (κ2) is 6.78. The Morgan fingerprint density at radius 2 is 2.00 bits per heavy atom. The summed E-state index contributed by atoms with van der Waals surface area (Å²) in [6.07, 6.45) is 1.36. The van der Waals surface area contributed by atoms with Gasteiger partial charge in [-0.05, 0) is 19.1 Å². The molecule has 0 bridgehead atoms. The number of para-hydroxylation sites is 1. The number of piperidine rings is 1. The number of benzene rings is 1. The number of nitrogens with zero attached hydrogens (tertiary/aromatic N) is 2. The molecule has 0 unspecified atom stereocenters. The Labute approximate surface area is 113 Å². The van der Waals surface area contributed by atoms with E-state index >= 15 is 0 Å². The van der Waals surface area contributed by atoms with Gasteiger partial charge in [-0.3, -0.25) is 5.43 Å². The van der Waals surface area contributed by atoms with Crippen LogP contribution in [0.5, 0.6) is 0 Å². The van der Waals surface area contributed by atoms with E-state index in [2.05, 4.69) is 10.5 Å². The summed E-state index contributed by atoms with van der Waals surface area (Å²) in [6, 6.07) is 9.84. The number of hydrogen-bond acceptors (Lipinski definition) is 4. The summed E-state index contributed by atoms with van der Waals surface area (Å²) in [7, 11) is 0. The Balaban J connectivity index is 1.81. The van der Waals surface area contributed by atoms with Crippen molar-refractivity contribution in [3.8, 4) is 0 Å². The summed E-state index contributed by atoms with van der Waals surface area (Å²) >= 11 is 0. The molecule has 0 aliphatic carbocycles. The summed E-state index contributed by atoms with van der Waals surface area (Å²) in [6.45, 7) is 3.59. The molecular weight excluding hydrogens is 242 g/mol. The molecule has 102 valence electrons. The molecule has 2 rings (SSSR count). The summed E-state index contributed by atoms with van der Waals surface area (Å²) in [4.78, 5) is 13.3. The summed E-state index contributed by atoms with van der Waals surface area (Å²) in [5, 5.41) is 4.38. The number of nitrogens with one attached hydrogen (secondary N) is 1. The van der Waals surface area contributed by atoms with Crippen molar-refractivity contribution < 1.29 is 9.53 Å². The van der Waals surface area contributed by atoms with Crippen LogP contribution >= 0.6 is 0 Å². The topological polar surface area (TPSA) is 53.9 Å². The van der Waals surface area contributed by atoms with E-state index in [4.69, 9.17) is 4.74 Å². The number of hydrazone groups is 1. The predicted octanol–water partition coefficient (Wildman–Crippen LogP) is 2.71. The fourth-order valence-corrected chi connectivity index (χ4v) is 1.93. The van der Waals surface area contributed by atoms with Crippen LogP contribution in [0.2, 0.25) is 0 Å². The van der Waals surface area contributed by atoms with Gasteiger partial charge in [0.05, 0.1) is 12.3 Å². The van der Waals surface area contributed by atoms with Crippen LogP contribution in [0.15, 0.2) is 35.4 Å². The Hall–Kier alpha value is -2.04. The average molecular weight is 261 g/mol. The Morgan fingerprint density at radius 1 is 1.32 bits per heavy atom. The zero-order valence-electron chi connectivity index (χ0n) is 11.1. The van der Waals surface area contributed by atoms with Crippen molar-refractivity contribution >= 4 is 17.5 Å². The fourth-order valence-electron chi connectivity index (χ4n) is 1.93. The first-order valence-electron chi connectivity index (χ1n) is 6.58. The molecular formula is C14H19N3O2. The van der Waals surface area contributed by atoms with Crippen LogP contribution < -0.4 is 5.43 Å². The SMILES string of the molecule is CCOC(=O)N1CCC(=NNc2ccccc2)CC1. The molecule has 19 heavy (non-hydrogen) atoms. The van der Waals surface area contributed by atoms with Crippen molar-refractivity contribution in [3.63, 3.8) is 0 Å². The molecule has 1 aliphatic rings. The molecule has 1 N–H and O–H groups in total. The number of rotatable bonds is 3. The van der Waals surface area contributed by atoms with E-state index in [9.17, 15) is 4.79 Å². The van der Waals surface area contributed by atoms with Gasteiger partial charge in [0.1, 0.15) is 0 Å². The predicted molar refractivity (Wildman–Crippen MR) is 75.3 cm³/mol. The van der Waals surface area contributed by atoms with E-state index in [1.807, 2.05) is 37.3 Å². The van der Waals surface area contributed by atoms with Gasteiger partial charge in [0.2, 0.25) is 0 Å². The minimum absolute atomic E-state index is 0.224. The van der Waals surface area contributed by atoms with Crippen molar-refractivity contribution in [1.29, 1.82) is 0 Å². The van der Waals surface area contributed by atoms with Crippen LogP contribution in [0.3, 0.4) is 0 Å². The molecule has 1 amide bonds. The molecule has 0 saturated carbocycles. The first-order valence-corrected chi connectivity index (χ1v) is 6.58. The van der Waals surface area contributed by atoms with E-state index in [-0.39, 0.29) is 6.09 Å². The Kier molecular flexibility index (Phi) is 4.78. The molecule has 1 saturated heterocycles. The first kappa shape index (κ1) is 13.4. The highest BCUT2D eigenvalue weighted by molar-refractivity contribution is 5.87. The van der Waals surface area contributed by atoms with E-state index in [0.29, 0.717) is 19.7 Å². The van der Waals surface area contributed by atoms with E-state index < -0.39 is 0 Å². The molecule has 1 aliphatic heterocycles. The lowest BCUT2D eigenvalue weighted by atomic mass is 10.1. The second-order valence-electron chi connectivity index (χ2n) is 4.34. The van der Waals surface area contributed by atoms with Gasteiger partial charge < -0.3 is 9.64 Å². The summed E-state index contributed by atoms with van der Waals surface area (Å²) in [5.41, 5.74) is 5.10. The third kappa shape index (κ3) is 3.98. The maximum absolute atomic E-state index is 11.5. The lowest BCUT2D eigenvalue weighted by Gasteiger charge is -2.26. The van der Waals surface area contributed by atoms with Crippen molar-refractivity contribution in [2.24, 2.45) is 5.10 Å². The zero-order valence-corrected chi connectivity index (χ0v) is 11.1. The van der Waals surface area contributed by atoms with E-state index in [0.717, 1.165) is 24.2 Å². The van der Waals surface area contributed by atoms with Gasteiger partial charge >= 0.3 is 6.09 Å². The van der Waals surface area contributed by atoms with Gasteiger partial charge in [-0.1, -0.05) is 18.2 Å². The molecule has 1 fully saturated rings. The van der Waals surface area contributed by atoms with Gasteiger partial charge in [0.15, 0.2) is 0 Å². The van der Waals surface area contributed by atoms with Crippen molar-refractivity contribution in [1.82, 2.24) is 4.90 Å². The molecule has 0 aromatic heterocycles. The van der Waals surface area contributed by atoms with Crippen LogP contribution in [0, 0.1) is 0 Å². The highest BCUT2D eigenvalue weighted by atomic mass is 16.6. The average Bonchev–Trinajstić information content (AvgIpc) is 2.47. The number of carbonyl (C=O) groups is 1. The first-order chi connectivity index (χ1) is 9.29. The normalized spacial score (nSPS) is 15.0. The van der Waals surface area contributed by atoms with Gasteiger partial charge in [-0.2, -0.15) is 5.10 Å². The maximum atomic E-state index is 11.5. The number of anilines is 1. The molecule has 5 nitrogen and oxygen atoms in total. The quantitative estimate of drug-likeness (QED) is 0.851. The number of hydrogen-bond donors (Lipinski definition) is 1. The number of ether oxygens (including phenoxy) is 1. The third-order valence-electron chi connectivity index (χ3n) is 2.98. The third-order valence-corrected chi connectivity index (χ3v) is 2.98. The highest BCUT2D eigenvalue weighted by Gasteiger charge is 2.20. The van der Waals surface area contributed by atoms with Gasteiger partial charge in [-0.25, -0.2) is 4.79 Å². The minimum atomic E-state index is -0.224. The largest absolute Gasteiger partial charge is 0.450 e. The smallest absolute Gasteiger partial charge is 0.409 e. The standard InChI is InChI=1S/C14H19N3O2/c1-2-19-14(18)17-10-8-13(9-11-17)16-15-12-6-4-3-5-7-12/h3-7,15H,2,8-11H2,1H3. The van der Waals surface area contributed by atoms with Gasteiger partial charge in [0.25, 0.3) is 0 Å². The lowest BCUT2D eigenvalue weighted by molar-refractivity contribution is 0.107. The van der Waals surface area contributed by atoms with Crippen molar-refractivity contribution in [3.05, 3.63) is 30.3 Å². The summed E-state index contributed by atoms with van der Waals surface area (Å²) < 4.78 is 4.98. The van der Waals surface area contributed by atoms with Gasteiger partial charge in [0, 0.05) is 31.6 Å².